The van der Waals surface area contributed by atoms with Gasteiger partial charge in [-0.3, -0.25) is 4.79 Å². The van der Waals surface area contributed by atoms with Crippen molar-refractivity contribution in [3.05, 3.63) is 71.4 Å². The first-order chi connectivity index (χ1) is 13.4. The first-order valence-corrected chi connectivity index (χ1v) is 9.97. The highest BCUT2D eigenvalue weighted by Crippen LogP contribution is 2.31. The number of carbonyl (C=O) groups is 1. The number of nitrogens with zero attached hydrogens (tertiary/aromatic N) is 3. The summed E-state index contributed by atoms with van der Waals surface area (Å²) in [4.78, 5) is 17.5. The van der Waals surface area contributed by atoms with Crippen LogP contribution in [0.25, 0.3) is 10.9 Å². The fourth-order valence-electron chi connectivity index (χ4n) is 4.50. The van der Waals surface area contributed by atoms with Crippen LogP contribution in [0.2, 0.25) is 0 Å². The zero-order chi connectivity index (χ0) is 19.8. The molecular weight excluding hydrogens is 346 g/mol. The number of aryl methyl sites for hydroxylation is 2. The summed E-state index contributed by atoms with van der Waals surface area (Å²) in [6, 6.07) is 17.4. The number of fused-ring (bicyclic) bond motifs is 1. The zero-order valence-corrected chi connectivity index (χ0v) is 17.2. The Kier molecular flexibility index (Phi) is 4.98. The topological polar surface area (TPSA) is 28.5 Å². The number of carbonyl (C=O) groups excluding carboxylic acids is 1. The zero-order valence-electron chi connectivity index (χ0n) is 17.2. The molecular formula is C24H29N3O. The van der Waals surface area contributed by atoms with E-state index in [2.05, 4.69) is 78.0 Å². The first kappa shape index (κ1) is 18.8. The monoisotopic (exact) mass is 375 g/mol. The van der Waals surface area contributed by atoms with Crippen LogP contribution in [0.1, 0.15) is 22.6 Å². The van der Waals surface area contributed by atoms with E-state index in [9.17, 15) is 4.79 Å². The summed E-state index contributed by atoms with van der Waals surface area (Å²) in [7, 11) is 6.27. The second-order valence-corrected chi connectivity index (χ2v) is 8.31. The summed E-state index contributed by atoms with van der Waals surface area (Å²) >= 11 is 0. The van der Waals surface area contributed by atoms with Crippen molar-refractivity contribution < 1.29 is 4.79 Å². The lowest BCUT2D eigenvalue weighted by Gasteiger charge is -2.25. The SMILES string of the molecule is Cc1ccc([C@@H]2CN(C(=O)Cc3cn(C)c4ccccc34)C[C@H]2N(C)C)cc1. The summed E-state index contributed by atoms with van der Waals surface area (Å²) in [5.74, 6) is 0.574. The number of hydrogen-bond donors (Lipinski definition) is 0. The van der Waals surface area contributed by atoms with Crippen LogP contribution in [0.4, 0.5) is 0 Å². The molecule has 0 unspecified atom stereocenters. The maximum absolute atomic E-state index is 13.2. The van der Waals surface area contributed by atoms with Crippen molar-refractivity contribution in [2.75, 3.05) is 27.2 Å². The van der Waals surface area contributed by atoms with Crippen LogP contribution in [-0.2, 0) is 18.3 Å². The van der Waals surface area contributed by atoms with E-state index >= 15 is 0 Å². The van der Waals surface area contributed by atoms with Gasteiger partial charge in [-0.05, 0) is 38.2 Å². The predicted molar refractivity (Wildman–Crippen MR) is 115 cm³/mol. The molecule has 1 saturated heterocycles. The maximum Gasteiger partial charge on any atom is 0.227 e. The fourth-order valence-corrected chi connectivity index (χ4v) is 4.50. The molecule has 0 saturated carbocycles. The molecule has 4 heteroatoms. The lowest BCUT2D eigenvalue weighted by Crippen LogP contribution is -2.36. The summed E-state index contributed by atoms with van der Waals surface area (Å²) in [6.07, 6.45) is 2.56. The standard InChI is InChI=1S/C24H29N3O/c1-17-9-11-18(12-10-17)21-15-27(16-23(21)25(2)3)24(28)13-19-14-26(4)22-8-6-5-7-20(19)22/h5-12,14,21,23H,13,15-16H2,1-4H3/t21-,23+/m0/s1. The van der Waals surface area contributed by atoms with Gasteiger partial charge in [-0.2, -0.15) is 0 Å². The van der Waals surface area contributed by atoms with Crippen molar-refractivity contribution in [3.63, 3.8) is 0 Å². The van der Waals surface area contributed by atoms with E-state index in [1.54, 1.807) is 0 Å². The van der Waals surface area contributed by atoms with E-state index in [4.69, 9.17) is 0 Å². The van der Waals surface area contributed by atoms with Crippen LogP contribution < -0.4 is 0 Å². The van der Waals surface area contributed by atoms with Crippen molar-refractivity contribution in [3.8, 4) is 0 Å². The Morgan fingerprint density at radius 3 is 2.50 bits per heavy atom. The molecule has 1 amide bonds. The minimum absolute atomic E-state index is 0.220. The molecule has 28 heavy (non-hydrogen) atoms. The molecule has 1 aliphatic heterocycles. The number of likely N-dealkylation sites (N-methyl/N-ethyl adjacent to an activating group) is 1. The molecule has 4 rings (SSSR count). The lowest BCUT2D eigenvalue weighted by atomic mass is 9.93. The second-order valence-electron chi connectivity index (χ2n) is 8.31. The van der Waals surface area contributed by atoms with Crippen molar-refractivity contribution >= 4 is 16.8 Å². The molecule has 3 aromatic rings. The van der Waals surface area contributed by atoms with Gasteiger partial charge in [-0.15, -0.1) is 0 Å². The summed E-state index contributed by atoms with van der Waals surface area (Å²) in [6.45, 7) is 3.69. The Morgan fingerprint density at radius 2 is 1.79 bits per heavy atom. The number of likely N-dealkylation sites (tertiary alicyclic amines) is 1. The van der Waals surface area contributed by atoms with Gasteiger partial charge in [0.15, 0.2) is 0 Å². The molecule has 0 bridgehead atoms. The smallest absolute Gasteiger partial charge is 0.227 e. The largest absolute Gasteiger partial charge is 0.350 e. The second kappa shape index (κ2) is 7.44. The third-order valence-corrected chi connectivity index (χ3v) is 6.13. The van der Waals surface area contributed by atoms with E-state index in [0.29, 0.717) is 18.4 Å². The van der Waals surface area contributed by atoms with Crippen LogP contribution >= 0.6 is 0 Å². The third kappa shape index (κ3) is 3.45. The van der Waals surface area contributed by atoms with Gasteiger partial charge in [0.1, 0.15) is 0 Å². The molecule has 2 atom stereocenters. The molecule has 2 aromatic carbocycles. The van der Waals surface area contributed by atoms with Crippen LogP contribution in [0.5, 0.6) is 0 Å². The number of para-hydroxylation sites is 1. The van der Waals surface area contributed by atoms with Crippen LogP contribution in [-0.4, -0.2) is 53.5 Å². The average Bonchev–Trinajstić information content (AvgIpc) is 3.25. The molecule has 1 fully saturated rings. The predicted octanol–water partition coefficient (Wildman–Crippen LogP) is 3.59. The minimum atomic E-state index is 0.220. The van der Waals surface area contributed by atoms with E-state index < -0.39 is 0 Å². The highest BCUT2D eigenvalue weighted by atomic mass is 16.2. The fraction of sp³-hybridized carbons (Fsp3) is 0.375. The summed E-state index contributed by atoms with van der Waals surface area (Å²) in [5.41, 5.74) is 4.88. The average molecular weight is 376 g/mol. The van der Waals surface area contributed by atoms with Gasteiger partial charge < -0.3 is 14.4 Å². The third-order valence-electron chi connectivity index (χ3n) is 6.13. The van der Waals surface area contributed by atoms with Crippen LogP contribution in [0.15, 0.2) is 54.7 Å². The van der Waals surface area contributed by atoms with Gasteiger partial charge in [0.05, 0.1) is 6.42 Å². The molecule has 0 radical (unpaired) electrons. The molecule has 146 valence electrons. The Bertz CT molecular complexity index is 987. The number of benzene rings is 2. The molecule has 2 heterocycles. The Labute approximate surface area is 167 Å². The normalized spacial score (nSPS) is 19.7. The van der Waals surface area contributed by atoms with Gasteiger partial charge in [-0.25, -0.2) is 0 Å². The highest BCUT2D eigenvalue weighted by Gasteiger charge is 2.37. The van der Waals surface area contributed by atoms with Crippen LogP contribution in [0.3, 0.4) is 0 Å². The van der Waals surface area contributed by atoms with Crippen molar-refractivity contribution in [2.45, 2.75) is 25.3 Å². The number of amides is 1. The Balaban J connectivity index is 1.55. The van der Waals surface area contributed by atoms with Crippen LogP contribution in [0, 0.1) is 6.92 Å². The number of aromatic nitrogens is 1. The Hall–Kier alpha value is -2.59. The molecule has 0 N–H and O–H groups in total. The lowest BCUT2D eigenvalue weighted by molar-refractivity contribution is -0.129. The molecule has 0 spiro atoms. The summed E-state index contributed by atoms with van der Waals surface area (Å²) < 4.78 is 2.11. The van der Waals surface area contributed by atoms with E-state index in [1.165, 1.54) is 22.0 Å². The van der Waals surface area contributed by atoms with Gasteiger partial charge >= 0.3 is 0 Å². The van der Waals surface area contributed by atoms with Gasteiger partial charge in [0, 0.05) is 49.2 Å². The quantitative estimate of drug-likeness (QED) is 0.697. The minimum Gasteiger partial charge on any atom is -0.350 e. The maximum atomic E-state index is 13.2. The van der Waals surface area contributed by atoms with Crippen molar-refractivity contribution in [1.29, 1.82) is 0 Å². The van der Waals surface area contributed by atoms with E-state index in [1.807, 2.05) is 19.2 Å². The summed E-state index contributed by atoms with van der Waals surface area (Å²) in [5, 5.41) is 1.18. The van der Waals surface area contributed by atoms with Gasteiger partial charge in [0.25, 0.3) is 0 Å². The van der Waals surface area contributed by atoms with Crippen molar-refractivity contribution in [2.24, 2.45) is 7.05 Å². The van der Waals surface area contributed by atoms with E-state index in [0.717, 1.165) is 18.7 Å². The molecule has 4 nitrogen and oxygen atoms in total. The molecule has 1 aliphatic rings. The van der Waals surface area contributed by atoms with Gasteiger partial charge in [0.2, 0.25) is 5.91 Å². The van der Waals surface area contributed by atoms with Crippen molar-refractivity contribution in [1.82, 2.24) is 14.4 Å². The Morgan fingerprint density at radius 1 is 1.07 bits per heavy atom. The van der Waals surface area contributed by atoms with Gasteiger partial charge in [-0.1, -0.05) is 48.0 Å². The first-order valence-electron chi connectivity index (χ1n) is 9.97. The van der Waals surface area contributed by atoms with E-state index in [-0.39, 0.29) is 5.91 Å². The molecule has 0 aliphatic carbocycles. The number of rotatable bonds is 4. The number of hydrogen-bond acceptors (Lipinski definition) is 2. The molecule has 1 aromatic heterocycles. The highest BCUT2D eigenvalue weighted by molar-refractivity contribution is 5.89.